The van der Waals surface area contributed by atoms with Crippen LogP contribution in [0.5, 0.6) is 12.0 Å². The summed E-state index contributed by atoms with van der Waals surface area (Å²) < 4.78 is 9.81. The Morgan fingerprint density at radius 1 is 1.12 bits per heavy atom. The lowest BCUT2D eigenvalue weighted by Gasteiger charge is -2.05. The highest BCUT2D eigenvalue weighted by molar-refractivity contribution is 5.28. The van der Waals surface area contributed by atoms with Gasteiger partial charge in [-0.1, -0.05) is 12.2 Å². The molecular formula is C9H15N5O2. The average molecular weight is 225 g/mol. The van der Waals surface area contributed by atoms with Crippen molar-refractivity contribution in [3.63, 3.8) is 0 Å². The third-order valence-corrected chi connectivity index (χ3v) is 1.64. The molecule has 0 radical (unpaired) electrons. The molecule has 0 spiro atoms. The van der Waals surface area contributed by atoms with Crippen LogP contribution >= 0.6 is 0 Å². The van der Waals surface area contributed by atoms with Gasteiger partial charge in [-0.2, -0.15) is 9.97 Å². The van der Waals surface area contributed by atoms with E-state index >= 15 is 0 Å². The van der Waals surface area contributed by atoms with Crippen molar-refractivity contribution < 1.29 is 9.47 Å². The van der Waals surface area contributed by atoms with Crippen molar-refractivity contribution in [2.24, 2.45) is 5.73 Å². The second-order valence-electron chi connectivity index (χ2n) is 2.72. The highest BCUT2D eigenvalue weighted by atomic mass is 16.5. The molecule has 0 aromatic carbocycles. The number of nitrogens with one attached hydrogen (secondary N) is 1. The molecule has 0 aliphatic rings. The molecule has 16 heavy (non-hydrogen) atoms. The smallest absolute Gasteiger partial charge is 0.324 e. The van der Waals surface area contributed by atoms with Crippen LogP contribution in [0.4, 0.5) is 5.95 Å². The molecule has 0 saturated heterocycles. The van der Waals surface area contributed by atoms with Crippen LogP contribution in [-0.4, -0.2) is 42.3 Å². The summed E-state index contributed by atoms with van der Waals surface area (Å²) in [4.78, 5) is 11.9. The summed E-state index contributed by atoms with van der Waals surface area (Å²) in [5.41, 5.74) is 5.30. The van der Waals surface area contributed by atoms with Crippen LogP contribution in [0.25, 0.3) is 0 Å². The SMILES string of the molecule is COc1nc(NC/C=C/CN)nc(OC)n1. The number of rotatable bonds is 6. The van der Waals surface area contributed by atoms with Gasteiger partial charge >= 0.3 is 12.0 Å². The van der Waals surface area contributed by atoms with E-state index in [4.69, 9.17) is 15.2 Å². The fourth-order valence-corrected chi connectivity index (χ4v) is 0.929. The highest BCUT2D eigenvalue weighted by Crippen LogP contribution is 2.11. The summed E-state index contributed by atoms with van der Waals surface area (Å²) in [6.07, 6.45) is 3.71. The molecule has 0 amide bonds. The van der Waals surface area contributed by atoms with Crippen molar-refractivity contribution in [1.82, 2.24) is 15.0 Å². The number of ether oxygens (including phenoxy) is 2. The Bertz CT molecular complexity index is 334. The number of methoxy groups -OCH3 is 2. The van der Waals surface area contributed by atoms with Crippen molar-refractivity contribution in [3.8, 4) is 12.0 Å². The minimum Gasteiger partial charge on any atom is -0.467 e. The predicted molar refractivity (Wildman–Crippen MR) is 59.6 cm³/mol. The van der Waals surface area contributed by atoms with Crippen molar-refractivity contribution >= 4 is 5.95 Å². The summed E-state index contributed by atoms with van der Waals surface area (Å²) in [5, 5.41) is 2.96. The lowest BCUT2D eigenvalue weighted by molar-refractivity contribution is 0.341. The van der Waals surface area contributed by atoms with E-state index in [1.807, 2.05) is 12.2 Å². The monoisotopic (exact) mass is 225 g/mol. The van der Waals surface area contributed by atoms with E-state index < -0.39 is 0 Å². The molecule has 0 bridgehead atoms. The van der Waals surface area contributed by atoms with Gasteiger partial charge in [0.15, 0.2) is 0 Å². The van der Waals surface area contributed by atoms with Gasteiger partial charge in [0.05, 0.1) is 14.2 Å². The van der Waals surface area contributed by atoms with Gasteiger partial charge in [0.25, 0.3) is 0 Å². The predicted octanol–water partition coefficient (Wildman–Crippen LogP) is -0.184. The molecule has 88 valence electrons. The van der Waals surface area contributed by atoms with Crippen LogP contribution in [0.15, 0.2) is 12.2 Å². The summed E-state index contributed by atoms with van der Waals surface area (Å²) in [7, 11) is 2.96. The molecule has 3 N–H and O–H groups in total. The second-order valence-corrected chi connectivity index (χ2v) is 2.72. The quantitative estimate of drug-likeness (QED) is 0.648. The number of hydrogen-bond acceptors (Lipinski definition) is 7. The molecule has 1 aromatic rings. The Balaban J connectivity index is 2.67. The van der Waals surface area contributed by atoms with E-state index in [0.29, 0.717) is 19.0 Å². The number of anilines is 1. The fourth-order valence-electron chi connectivity index (χ4n) is 0.929. The number of aromatic nitrogens is 3. The molecule has 1 aromatic heterocycles. The van der Waals surface area contributed by atoms with Crippen molar-refractivity contribution in [3.05, 3.63) is 12.2 Å². The Morgan fingerprint density at radius 2 is 1.75 bits per heavy atom. The largest absolute Gasteiger partial charge is 0.467 e. The maximum Gasteiger partial charge on any atom is 0.324 e. The Hall–Kier alpha value is -1.89. The zero-order valence-corrected chi connectivity index (χ0v) is 9.30. The first-order chi connectivity index (χ1) is 7.80. The van der Waals surface area contributed by atoms with Gasteiger partial charge < -0.3 is 20.5 Å². The second kappa shape index (κ2) is 6.57. The number of hydrogen-bond donors (Lipinski definition) is 2. The van der Waals surface area contributed by atoms with Crippen LogP contribution in [-0.2, 0) is 0 Å². The van der Waals surface area contributed by atoms with Gasteiger partial charge in [-0.15, -0.1) is 4.98 Å². The van der Waals surface area contributed by atoms with E-state index in [1.54, 1.807) is 0 Å². The molecule has 0 saturated carbocycles. The minimum absolute atomic E-state index is 0.206. The Morgan fingerprint density at radius 3 is 2.25 bits per heavy atom. The molecule has 0 atom stereocenters. The maximum atomic E-state index is 5.30. The molecule has 0 unspecified atom stereocenters. The third kappa shape index (κ3) is 3.70. The molecule has 0 aliphatic heterocycles. The summed E-state index contributed by atoms with van der Waals surface area (Å²) in [6.45, 7) is 1.08. The summed E-state index contributed by atoms with van der Waals surface area (Å²) in [5.74, 6) is 0.394. The van der Waals surface area contributed by atoms with Crippen LogP contribution < -0.4 is 20.5 Å². The van der Waals surface area contributed by atoms with Crippen molar-refractivity contribution in [2.75, 3.05) is 32.6 Å². The normalized spacial score (nSPS) is 10.4. The van der Waals surface area contributed by atoms with Gasteiger partial charge in [-0.25, -0.2) is 0 Å². The van der Waals surface area contributed by atoms with Crippen molar-refractivity contribution in [1.29, 1.82) is 0 Å². The van der Waals surface area contributed by atoms with E-state index in [-0.39, 0.29) is 12.0 Å². The summed E-state index contributed by atoms with van der Waals surface area (Å²) >= 11 is 0. The lowest BCUT2D eigenvalue weighted by Crippen LogP contribution is -2.07. The van der Waals surface area contributed by atoms with Crippen LogP contribution in [0.3, 0.4) is 0 Å². The third-order valence-electron chi connectivity index (χ3n) is 1.64. The molecule has 1 heterocycles. The van der Waals surface area contributed by atoms with E-state index in [0.717, 1.165) is 0 Å². The maximum absolute atomic E-state index is 5.30. The topological polar surface area (TPSA) is 95.2 Å². The van der Waals surface area contributed by atoms with Gasteiger partial charge in [-0.05, 0) is 0 Å². The molecule has 1 rings (SSSR count). The molecule has 0 aliphatic carbocycles. The van der Waals surface area contributed by atoms with E-state index in [9.17, 15) is 0 Å². The molecule has 7 heteroatoms. The lowest BCUT2D eigenvalue weighted by atomic mass is 10.5. The molecule has 7 nitrogen and oxygen atoms in total. The minimum atomic E-state index is 0.206. The first-order valence-electron chi connectivity index (χ1n) is 4.73. The Kier molecular flexibility index (Phi) is 5.00. The first kappa shape index (κ1) is 12.2. The average Bonchev–Trinajstić information content (AvgIpc) is 2.34. The van der Waals surface area contributed by atoms with Gasteiger partial charge in [0.1, 0.15) is 0 Å². The van der Waals surface area contributed by atoms with Crippen LogP contribution in [0, 0.1) is 0 Å². The van der Waals surface area contributed by atoms with Crippen LogP contribution in [0.2, 0.25) is 0 Å². The zero-order chi connectivity index (χ0) is 11.8. The van der Waals surface area contributed by atoms with Gasteiger partial charge in [0, 0.05) is 13.1 Å². The van der Waals surface area contributed by atoms with E-state index in [1.165, 1.54) is 14.2 Å². The molecule has 0 fully saturated rings. The van der Waals surface area contributed by atoms with Crippen LogP contribution in [0.1, 0.15) is 0 Å². The standard InChI is InChI=1S/C9H15N5O2/c1-15-8-12-7(11-6-4-3-5-10)13-9(14-8)16-2/h3-4H,5-6,10H2,1-2H3,(H,11,12,13,14)/b4-3+. The first-order valence-corrected chi connectivity index (χ1v) is 4.73. The fraction of sp³-hybridized carbons (Fsp3) is 0.444. The van der Waals surface area contributed by atoms with Gasteiger partial charge in [-0.3, -0.25) is 0 Å². The van der Waals surface area contributed by atoms with Gasteiger partial charge in [0.2, 0.25) is 5.95 Å². The Labute approximate surface area is 93.7 Å². The highest BCUT2D eigenvalue weighted by Gasteiger charge is 2.05. The van der Waals surface area contributed by atoms with E-state index in [2.05, 4.69) is 20.3 Å². The van der Waals surface area contributed by atoms with Crippen molar-refractivity contribution in [2.45, 2.75) is 0 Å². The molecular weight excluding hydrogens is 210 g/mol. The zero-order valence-electron chi connectivity index (χ0n) is 9.30. The number of nitrogens with zero attached hydrogens (tertiary/aromatic N) is 3. The summed E-state index contributed by atoms with van der Waals surface area (Å²) in [6, 6.07) is 0.411. The number of nitrogens with two attached hydrogens (primary N) is 1.